The number of rotatable bonds is 3. The van der Waals surface area contributed by atoms with Crippen LogP contribution in [-0.2, 0) is 0 Å². The predicted octanol–water partition coefficient (Wildman–Crippen LogP) is 2.54. The zero-order valence-corrected chi connectivity index (χ0v) is 11.2. The molecule has 1 saturated heterocycles. The second kappa shape index (κ2) is 5.51. The molecule has 0 unspecified atom stereocenters. The van der Waals surface area contributed by atoms with E-state index in [2.05, 4.69) is 0 Å². The third-order valence-corrected chi connectivity index (χ3v) is 3.81. The Kier molecular flexibility index (Phi) is 3.56. The highest BCUT2D eigenvalue weighted by atomic mass is 16.3. The summed E-state index contributed by atoms with van der Waals surface area (Å²) in [5.41, 5.74) is 2.58. The van der Waals surface area contributed by atoms with Gasteiger partial charge >= 0.3 is 0 Å². The molecule has 104 valence electrons. The van der Waals surface area contributed by atoms with E-state index in [9.17, 15) is 9.90 Å². The average molecular weight is 271 g/mol. The number of amides is 1. The van der Waals surface area contributed by atoms with E-state index in [0.717, 1.165) is 30.5 Å². The van der Waals surface area contributed by atoms with Gasteiger partial charge in [0.05, 0.1) is 25.2 Å². The van der Waals surface area contributed by atoms with E-state index in [0.29, 0.717) is 5.56 Å². The van der Waals surface area contributed by atoms with Crippen molar-refractivity contribution in [2.24, 2.45) is 0 Å². The third kappa shape index (κ3) is 2.34. The van der Waals surface area contributed by atoms with Crippen LogP contribution >= 0.6 is 0 Å². The maximum Gasteiger partial charge on any atom is 0.254 e. The molecule has 1 aliphatic heterocycles. The minimum Gasteiger partial charge on any atom is -0.472 e. The fraction of sp³-hybridized carbons (Fsp3) is 0.312. The number of likely N-dealkylation sites (tertiary alicyclic amines) is 1. The third-order valence-electron chi connectivity index (χ3n) is 3.81. The largest absolute Gasteiger partial charge is 0.472 e. The monoisotopic (exact) mass is 271 g/mol. The predicted molar refractivity (Wildman–Crippen MR) is 75.3 cm³/mol. The molecule has 2 aromatic rings. The second-order valence-corrected chi connectivity index (χ2v) is 5.07. The van der Waals surface area contributed by atoms with Crippen LogP contribution in [0.3, 0.4) is 0 Å². The molecule has 0 bridgehead atoms. The molecule has 4 heteroatoms. The number of hydrogen-bond donors (Lipinski definition) is 1. The Hall–Kier alpha value is -2.07. The molecule has 0 radical (unpaired) electrons. The zero-order valence-electron chi connectivity index (χ0n) is 11.2. The molecule has 1 amide bonds. The molecule has 1 aromatic carbocycles. The Morgan fingerprint density at radius 1 is 1.35 bits per heavy atom. The van der Waals surface area contributed by atoms with Crippen molar-refractivity contribution in [3.63, 3.8) is 0 Å². The van der Waals surface area contributed by atoms with Crippen molar-refractivity contribution in [1.82, 2.24) is 4.90 Å². The minimum absolute atomic E-state index is 0.00750. The summed E-state index contributed by atoms with van der Waals surface area (Å²) in [5.74, 6) is -0.00750. The van der Waals surface area contributed by atoms with Gasteiger partial charge in [-0.05, 0) is 36.6 Å². The molecule has 0 saturated carbocycles. The summed E-state index contributed by atoms with van der Waals surface area (Å²) >= 11 is 0. The minimum atomic E-state index is -0.0416. The van der Waals surface area contributed by atoms with Crippen molar-refractivity contribution in [2.75, 3.05) is 13.2 Å². The van der Waals surface area contributed by atoms with Crippen LogP contribution in [0.4, 0.5) is 0 Å². The van der Waals surface area contributed by atoms with Gasteiger partial charge in [-0.2, -0.15) is 0 Å². The summed E-state index contributed by atoms with van der Waals surface area (Å²) in [7, 11) is 0. The van der Waals surface area contributed by atoms with Crippen LogP contribution in [0.15, 0.2) is 47.3 Å². The number of benzene rings is 1. The summed E-state index contributed by atoms with van der Waals surface area (Å²) in [5, 5.41) is 9.33. The number of furan rings is 1. The van der Waals surface area contributed by atoms with Crippen LogP contribution in [0, 0.1) is 0 Å². The van der Waals surface area contributed by atoms with Crippen molar-refractivity contribution in [1.29, 1.82) is 0 Å². The van der Waals surface area contributed by atoms with Crippen LogP contribution in [-0.4, -0.2) is 35.1 Å². The molecule has 1 atom stereocenters. The first-order valence-corrected chi connectivity index (χ1v) is 6.84. The lowest BCUT2D eigenvalue weighted by Crippen LogP contribution is -2.37. The van der Waals surface area contributed by atoms with Gasteiger partial charge in [0.25, 0.3) is 5.91 Å². The fourth-order valence-corrected chi connectivity index (χ4v) is 2.72. The number of carbonyl (C=O) groups is 1. The highest BCUT2D eigenvalue weighted by Gasteiger charge is 2.28. The summed E-state index contributed by atoms with van der Waals surface area (Å²) in [6.07, 6.45) is 5.12. The molecule has 1 aliphatic rings. The van der Waals surface area contributed by atoms with Gasteiger partial charge < -0.3 is 14.4 Å². The normalized spacial score (nSPS) is 18.4. The lowest BCUT2D eigenvalue weighted by molar-refractivity contribution is 0.0677. The van der Waals surface area contributed by atoms with Gasteiger partial charge in [-0.15, -0.1) is 0 Å². The number of aliphatic hydroxyl groups is 1. The van der Waals surface area contributed by atoms with E-state index in [4.69, 9.17) is 4.42 Å². The second-order valence-electron chi connectivity index (χ2n) is 5.07. The Balaban J connectivity index is 1.87. The highest BCUT2D eigenvalue weighted by molar-refractivity contribution is 5.95. The molecule has 1 aromatic heterocycles. The number of aliphatic hydroxyl groups excluding tert-OH is 1. The fourth-order valence-electron chi connectivity index (χ4n) is 2.72. The molecule has 4 nitrogen and oxygen atoms in total. The van der Waals surface area contributed by atoms with Gasteiger partial charge in [0.1, 0.15) is 0 Å². The van der Waals surface area contributed by atoms with Crippen molar-refractivity contribution >= 4 is 5.91 Å². The lowest BCUT2D eigenvalue weighted by Gasteiger charge is -2.23. The Labute approximate surface area is 117 Å². The van der Waals surface area contributed by atoms with Crippen LogP contribution in [0.25, 0.3) is 11.1 Å². The maximum absolute atomic E-state index is 12.5. The van der Waals surface area contributed by atoms with Crippen molar-refractivity contribution in [3.8, 4) is 11.1 Å². The van der Waals surface area contributed by atoms with E-state index < -0.39 is 0 Å². The van der Waals surface area contributed by atoms with Crippen molar-refractivity contribution in [2.45, 2.75) is 18.9 Å². The quantitative estimate of drug-likeness (QED) is 0.933. The zero-order chi connectivity index (χ0) is 13.9. The van der Waals surface area contributed by atoms with Crippen LogP contribution in [0.2, 0.25) is 0 Å². The summed E-state index contributed by atoms with van der Waals surface area (Å²) in [4.78, 5) is 14.3. The van der Waals surface area contributed by atoms with Gasteiger partial charge in [0.2, 0.25) is 0 Å². The van der Waals surface area contributed by atoms with E-state index >= 15 is 0 Å². The summed E-state index contributed by atoms with van der Waals surface area (Å²) in [6, 6.07) is 9.35. The van der Waals surface area contributed by atoms with Gasteiger partial charge in [0, 0.05) is 17.7 Å². The molecular weight excluding hydrogens is 254 g/mol. The van der Waals surface area contributed by atoms with Crippen LogP contribution < -0.4 is 0 Å². The van der Waals surface area contributed by atoms with E-state index in [1.54, 1.807) is 17.4 Å². The first-order valence-electron chi connectivity index (χ1n) is 6.84. The van der Waals surface area contributed by atoms with E-state index in [1.165, 1.54) is 0 Å². The number of nitrogens with zero attached hydrogens (tertiary/aromatic N) is 1. The lowest BCUT2D eigenvalue weighted by atomic mass is 10.0. The first kappa shape index (κ1) is 12.9. The standard InChI is InChI=1S/C16H17NO3/c18-10-15-5-2-7-17(15)16(19)13-4-1-3-12(9-13)14-6-8-20-11-14/h1,3-4,6,8-9,11,15,18H,2,5,7,10H2/t15-/m1/s1. The summed E-state index contributed by atoms with van der Waals surface area (Å²) < 4.78 is 5.08. The van der Waals surface area contributed by atoms with E-state index in [-0.39, 0.29) is 18.6 Å². The van der Waals surface area contributed by atoms with Gasteiger partial charge in [-0.3, -0.25) is 4.79 Å². The molecule has 0 aliphatic carbocycles. The molecule has 1 N–H and O–H groups in total. The van der Waals surface area contributed by atoms with E-state index in [1.807, 2.05) is 30.3 Å². The topological polar surface area (TPSA) is 53.7 Å². The maximum atomic E-state index is 12.5. The first-order chi connectivity index (χ1) is 9.79. The van der Waals surface area contributed by atoms with Gasteiger partial charge in [-0.1, -0.05) is 12.1 Å². The molecule has 3 rings (SSSR count). The summed E-state index contributed by atoms with van der Waals surface area (Å²) in [6.45, 7) is 0.757. The Bertz CT molecular complexity index is 592. The van der Waals surface area contributed by atoms with Gasteiger partial charge in [0.15, 0.2) is 0 Å². The number of hydrogen-bond acceptors (Lipinski definition) is 3. The molecular formula is C16H17NO3. The molecule has 2 heterocycles. The highest BCUT2D eigenvalue weighted by Crippen LogP contribution is 2.24. The number of carbonyl (C=O) groups excluding carboxylic acids is 1. The average Bonchev–Trinajstić information content (AvgIpc) is 3.17. The molecule has 1 fully saturated rings. The van der Waals surface area contributed by atoms with Crippen LogP contribution in [0.5, 0.6) is 0 Å². The van der Waals surface area contributed by atoms with Crippen molar-refractivity contribution < 1.29 is 14.3 Å². The van der Waals surface area contributed by atoms with Crippen molar-refractivity contribution in [3.05, 3.63) is 48.4 Å². The van der Waals surface area contributed by atoms with Gasteiger partial charge in [-0.25, -0.2) is 0 Å². The SMILES string of the molecule is O=C(c1cccc(-c2ccoc2)c1)N1CCC[C@@H]1CO. The smallest absolute Gasteiger partial charge is 0.254 e. The Morgan fingerprint density at radius 2 is 2.25 bits per heavy atom. The molecule has 20 heavy (non-hydrogen) atoms. The molecule has 0 spiro atoms. The van der Waals surface area contributed by atoms with Crippen LogP contribution in [0.1, 0.15) is 23.2 Å². The Morgan fingerprint density at radius 3 is 3.00 bits per heavy atom.